The fraction of sp³-hybridized carbons (Fsp3) is 0.125. The van der Waals surface area contributed by atoms with Crippen molar-refractivity contribution in [3.05, 3.63) is 56.7 Å². The third-order valence-electron chi connectivity index (χ3n) is 3.02. The number of hydrogen-bond donors (Lipinski definition) is 1. The lowest BCUT2D eigenvalue weighted by atomic mass is 10.1. The van der Waals surface area contributed by atoms with Gasteiger partial charge in [-0.2, -0.15) is 0 Å². The Morgan fingerprint density at radius 3 is 2.68 bits per heavy atom. The van der Waals surface area contributed by atoms with Gasteiger partial charge in [0, 0.05) is 14.7 Å². The number of benzene rings is 1. The highest BCUT2D eigenvalue weighted by molar-refractivity contribution is 9.10. The standard InChI is InChI=1S/C16H13BrN2OS2/c1-10-2-7-14(22-10)13-9-21-16(18-13)19-15(20)8-11-3-5-12(17)6-4-11/h2-7,9H,8H2,1H3,(H,18,19,20). The molecular formula is C16H13BrN2OS2. The SMILES string of the molecule is Cc1ccc(-c2csc(NC(=O)Cc3ccc(Br)cc3)n2)s1. The minimum Gasteiger partial charge on any atom is -0.302 e. The molecule has 3 aromatic rings. The molecule has 22 heavy (non-hydrogen) atoms. The molecule has 0 aliphatic rings. The summed E-state index contributed by atoms with van der Waals surface area (Å²) >= 11 is 6.54. The van der Waals surface area contributed by atoms with Crippen molar-refractivity contribution >= 4 is 49.6 Å². The van der Waals surface area contributed by atoms with E-state index in [0.29, 0.717) is 11.6 Å². The molecule has 112 valence electrons. The van der Waals surface area contributed by atoms with Crippen LogP contribution in [0, 0.1) is 6.92 Å². The summed E-state index contributed by atoms with van der Waals surface area (Å²) in [6.07, 6.45) is 0.348. The van der Waals surface area contributed by atoms with Crippen molar-refractivity contribution in [3.63, 3.8) is 0 Å². The van der Waals surface area contributed by atoms with Crippen LogP contribution in [-0.4, -0.2) is 10.9 Å². The van der Waals surface area contributed by atoms with Crippen LogP contribution in [0.15, 0.2) is 46.3 Å². The number of aromatic nitrogens is 1. The van der Waals surface area contributed by atoms with Gasteiger partial charge < -0.3 is 5.32 Å². The lowest BCUT2D eigenvalue weighted by Crippen LogP contribution is -2.14. The van der Waals surface area contributed by atoms with E-state index in [1.54, 1.807) is 11.3 Å². The summed E-state index contributed by atoms with van der Waals surface area (Å²) in [5.41, 5.74) is 1.90. The first kappa shape index (κ1) is 15.4. The van der Waals surface area contributed by atoms with Crippen molar-refractivity contribution in [1.29, 1.82) is 0 Å². The van der Waals surface area contributed by atoms with Crippen LogP contribution in [0.25, 0.3) is 10.6 Å². The third-order valence-corrected chi connectivity index (χ3v) is 5.33. The number of carbonyl (C=O) groups is 1. The Labute approximate surface area is 145 Å². The smallest absolute Gasteiger partial charge is 0.230 e. The second-order valence-electron chi connectivity index (χ2n) is 4.80. The van der Waals surface area contributed by atoms with Gasteiger partial charge in [0.15, 0.2) is 5.13 Å². The average Bonchev–Trinajstić information content (AvgIpc) is 3.10. The lowest BCUT2D eigenvalue weighted by Gasteiger charge is -2.02. The van der Waals surface area contributed by atoms with Crippen molar-refractivity contribution in [3.8, 4) is 10.6 Å². The number of thiazole rings is 1. The van der Waals surface area contributed by atoms with Gasteiger partial charge >= 0.3 is 0 Å². The molecule has 0 saturated carbocycles. The minimum absolute atomic E-state index is 0.0504. The normalized spacial score (nSPS) is 10.6. The molecule has 0 aliphatic heterocycles. The fourth-order valence-corrected chi connectivity index (χ4v) is 3.86. The second-order valence-corrected chi connectivity index (χ2v) is 7.86. The topological polar surface area (TPSA) is 42.0 Å². The van der Waals surface area contributed by atoms with Crippen molar-refractivity contribution in [2.75, 3.05) is 5.32 Å². The Kier molecular flexibility index (Phi) is 4.71. The van der Waals surface area contributed by atoms with Crippen LogP contribution in [0.1, 0.15) is 10.4 Å². The molecule has 1 amide bonds. The molecule has 3 nitrogen and oxygen atoms in total. The molecule has 1 N–H and O–H groups in total. The largest absolute Gasteiger partial charge is 0.302 e. The fourth-order valence-electron chi connectivity index (χ4n) is 1.97. The highest BCUT2D eigenvalue weighted by atomic mass is 79.9. The number of rotatable bonds is 4. The third kappa shape index (κ3) is 3.82. The maximum Gasteiger partial charge on any atom is 0.230 e. The number of thiophene rings is 1. The van der Waals surface area contributed by atoms with Gasteiger partial charge in [0.1, 0.15) is 0 Å². The van der Waals surface area contributed by atoms with Crippen molar-refractivity contribution in [2.24, 2.45) is 0 Å². The molecule has 6 heteroatoms. The number of aryl methyl sites for hydroxylation is 1. The van der Waals surface area contributed by atoms with Gasteiger partial charge in [-0.1, -0.05) is 28.1 Å². The summed E-state index contributed by atoms with van der Waals surface area (Å²) in [5.74, 6) is -0.0504. The van der Waals surface area contributed by atoms with Gasteiger partial charge in [-0.15, -0.1) is 22.7 Å². The van der Waals surface area contributed by atoms with E-state index in [4.69, 9.17) is 0 Å². The maximum atomic E-state index is 12.1. The van der Waals surface area contributed by atoms with Gasteiger partial charge in [-0.3, -0.25) is 4.79 Å². The molecule has 2 heterocycles. The van der Waals surface area contributed by atoms with Gasteiger partial charge in [0.2, 0.25) is 5.91 Å². The van der Waals surface area contributed by atoms with Crippen molar-refractivity contribution in [1.82, 2.24) is 4.98 Å². The monoisotopic (exact) mass is 392 g/mol. The first-order valence-electron chi connectivity index (χ1n) is 6.67. The molecule has 3 rings (SSSR count). The molecule has 2 aromatic heterocycles. The zero-order chi connectivity index (χ0) is 15.5. The van der Waals surface area contributed by atoms with Gasteiger partial charge in [-0.05, 0) is 36.8 Å². The zero-order valence-electron chi connectivity index (χ0n) is 11.8. The second kappa shape index (κ2) is 6.73. The summed E-state index contributed by atoms with van der Waals surface area (Å²) < 4.78 is 1.01. The van der Waals surface area contributed by atoms with Crippen LogP contribution in [0.2, 0.25) is 0 Å². The Morgan fingerprint density at radius 2 is 2.00 bits per heavy atom. The number of hydrogen-bond acceptors (Lipinski definition) is 4. The van der Waals surface area contributed by atoms with Gasteiger partial charge in [0.05, 0.1) is 17.0 Å². The van der Waals surface area contributed by atoms with Crippen molar-refractivity contribution in [2.45, 2.75) is 13.3 Å². The minimum atomic E-state index is -0.0504. The molecule has 0 spiro atoms. The average molecular weight is 393 g/mol. The van der Waals surface area contributed by atoms with E-state index in [1.165, 1.54) is 16.2 Å². The Balaban J connectivity index is 1.64. The number of amides is 1. The predicted octanol–water partition coefficient (Wildman–Crippen LogP) is 5.12. The van der Waals surface area contributed by atoms with Crippen molar-refractivity contribution < 1.29 is 4.79 Å². The maximum absolute atomic E-state index is 12.1. The van der Waals surface area contributed by atoms with E-state index < -0.39 is 0 Å². The lowest BCUT2D eigenvalue weighted by molar-refractivity contribution is -0.115. The molecule has 0 bridgehead atoms. The van der Waals surface area contributed by atoms with Gasteiger partial charge in [-0.25, -0.2) is 4.98 Å². The van der Waals surface area contributed by atoms with E-state index in [0.717, 1.165) is 20.6 Å². The van der Waals surface area contributed by atoms with E-state index in [2.05, 4.69) is 45.3 Å². The molecule has 0 saturated heterocycles. The van der Waals surface area contributed by atoms with E-state index in [9.17, 15) is 4.79 Å². The molecule has 0 aliphatic carbocycles. The highest BCUT2D eigenvalue weighted by Crippen LogP contribution is 2.30. The summed E-state index contributed by atoms with van der Waals surface area (Å²) in [6, 6.07) is 11.9. The van der Waals surface area contributed by atoms with Crippen LogP contribution < -0.4 is 5.32 Å². The predicted molar refractivity (Wildman–Crippen MR) is 96.6 cm³/mol. The van der Waals surface area contributed by atoms with E-state index in [-0.39, 0.29) is 5.91 Å². The summed E-state index contributed by atoms with van der Waals surface area (Å²) in [4.78, 5) is 18.9. The first-order chi connectivity index (χ1) is 10.6. The Hall–Kier alpha value is -1.50. The molecule has 0 fully saturated rings. The summed E-state index contributed by atoms with van der Waals surface area (Å²) in [5, 5.41) is 5.48. The molecular weight excluding hydrogens is 380 g/mol. The number of anilines is 1. The molecule has 0 atom stereocenters. The van der Waals surface area contributed by atoms with Crippen LogP contribution >= 0.6 is 38.6 Å². The summed E-state index contributed by atoms with van der Waals surface area (Å²) in [6.45, 7) is 2.07. The number of halogens is 1. The Morgan fingerprint density at radius 1 is 1.23 bits per heavy atom. The van der Waals surface area contributed by atoms with Crippen LogP contribution in [0.3, 0.4) is 0 Å². The molecule has 0 radical (unpaired) electrons. The summed E-state index contributed by atoms with van der Waals surface area (Å²) in [7, 11) is 0. The van der Waals surface area contributed by atoms with Crippen LogP contribution in [-0.2, 0) is 11.2 Å². The number of nitrogens with zero attached hydrogens (tertiary/aromatic N) is 1. The zero-order valence-corrected chi connectivity index (χ0v) is 15.0. The van der Waals surface area contributed by atoms with E-state index >= 15 is 0 Å². The molecule has 0 unspecified atom stereocenters. The number of nitrogens with one attached hydrogen (secondary N) is 1. The highest BCUT2D eigenvalue weighted by Gasteiger charge is 2.10. The van der Waals surface area contributed by atoms with Crippen LogP contribution in [0.5, 0.6) is 0 Å². The van der Waals surface area contributed by atoms with Gasteiger partial charge in [0.25, 0.3) is 0 Å². The Bertz CT molecular complexity index is 793. The molecule has 1 aromatic carbocycles. The quantitative estimate of drug-likeness (QED) is 0.668. The van der Waals surface area contributed by atoms with Crippen LogP contribution in [0.4, 0.5) is 5.13 Å². The number of carbonyl (C=O) groups excluding carboxylic acids is 1. The first-order valence-corrected chi connectivity index (χ1v) is 9.16. The van der Waals surface area contributed by atoms with E-state index in [1.807, 2.05) is 29.6 Å².